The van der Waals surface area contributed by atoms with Crippen LogP contribution in [0, 0.1) is 11.3 Å². The number of ether oxygens (including phenoxy) is 1. The van der Waals surface area contributed by atoms with Crippen molar-refractivity contribution in [3.8, 4) is 11.8 Å². The van der Waals surface area contributed by atoms with Gasteiger partial charge in [0.2, 0.25) is 5.91 Å². The fraction of sp³-hybridized carbons (Fsp3) is 0.148. The first kappa shape index (κ1) is 23.4. The van der Waals surface area contributed by atoms with Gasteiger partial charge in [0.15, 0.2) is 5.69 Å². The van der Waals surface area contributed by atoms with Crippen LogP contribution in [0.15, 0.2) is 89.7 Å². The van der Waals surface area contributed by atoms with Gasteiger partial charge >= 0.3 is 5.69 Å². The first-order valence-electron chi connectivity index (χ1n) is 11.1. The number of rotatable bonds is 9. The SMILES string of the molecule is COc1ccc(NC(=O)Cn2c(C#N)c(NCc3ccccc3)n(Cc3ccccc3)c2=O)cc1. The molecule has 176 valence electrons. The van der Waals surface area contributed by atoms with E-state index in [-0.39, 0.29) is 18.8 Å². The number of anilines is 2. The molecule has 8 heteroatoms. The van der Waals surface area contributed by atoms with Gasteiger partial charge in [-0.1, -0.05) is 60.7 Å². The van der Waals surface area contributed by atoms with Crippen molar-refractivity contribution in [2.75, 3.05) is 17.7 Å². The zero-order valence-electron chi connectivity index (χ0n) is 19.3. The number of carbonyl (C=O) groups excluding carboxylic acids is 1. The summed E-state index contributed by atoms with van der Waals surface area (Å²) in [5, 5.41) is 16.0. The molecule has 1 heterocycles. The largest absolute Gasteiger partial charge is 0.497 e. The number of nitrogens with zero attached hydrogens (tertiary/aromatic N) is 3. The van der Waals surface area contributed by atoms with Crippen molar-refractivity contribution >= 4 is 17.4 Å². The Morgan fingerprint density at radius 3 is 2.14 bits per heavy atom. The number of imidazole rings is 1. The Labute approximate surface area is 203 Å². The van der Waals surface area contributed by atoms with Crippen LogP contribution in [0.1, 0.15) is 16.8 Å². The van der Waals surface area contributed by atoms with Gasteiger partial charge in [-0.2, -0.15) is 5.26 Å². The summed E-state index contributed by atoms with van der Waals surface area (Å²) in [5.41, 5.74) is 2.13. The molecule has 0 aliphatic rings. The molecule has 0 saturated heterocycles. The molecule has 0 bridgehead atoms. The maximum absolute atomic E-state index is 13.4. The molecular formula is C27H25N5O3. The van der Waals surface area contributed by atoms with E-state index in [1.165, 1.54) is 9.13 Å². The Morgan fingerprint density at radius 2 is 1.54 bits per heavy atom. The molecule has 0 atom stereocenters. The van der Waals surface area contributed by atoms with Gasteiger partial charge in [0.1, 0.15) is 24.2 Å². The van der Waals surface area contributed by atoms with E-state index in [4.69, 9.17) is 4.74 Å². The van der Waals surface area contributed by atoms with Crippen molar-refractivity contribution in [1.82, 2.24) is 9.13 Å². The highest BCUT2D eigenvalue weighted by atomic mass is 16.5. The fourth-order valence-electron chi connectivity index (χ4n) is 3.74. The molecule has 0 aliphatic carbocycles. The van der Waals surface area contributed by atoms with E-state index in [1.54, 1.807) is 31.4 Å². The van der Waals surface area contributed by atoms with E-state index in [9.17, 15) is 14.9 Å². The minimum Gasteiger partial charge on any atom is -0.497 e. The van der Waals surface area contributed by atoms with E-state index in [2.05, 4.69) is 16.7 Å². The zero-order chi connectivity index (χ0) is 24.6. The van der Waals surface area contributed by atoms with Crippen LogP contribution in [-0.4, -0.2) is 22.2 Å². The van der Waals surface area contributed by atoms with Crippen molar-refractivity contribution in [2.24, 2.45) is 0 Å². The quantitative estimate of drug-likeness (QED) is 0.390. The summed E-state index contributed by atoms with van der Waals surface area (Å²) in [7, 11) is 1.56. The third kappa shape index (κ3) is 5.60. The number of benzene rings is 3. The Balaban J connectivity index is 1.64. The van der Waals surface area contributed by atoms with Gasteiger partial charge < -0.3 is 15.4 Å². The van der Waals surface area contributed by atoms with Crippen LogP contribution < -0.4 is 21.1 Å². The summed E-state index contributed by atoms with van der Waals surface area (Å²) in [6, 6.07) is 28.2. The normalized spacial score (nSPS) is 10.4. The van der Waals surface area contributed by atoms with Crippen LogP contribution in [0.25, 0.3) is 0 Å². The van der Waals surface area contributed by atoms with Crippen molar-refractivity contribution < 1.29 is 9.53 Å². The van der Waals surface area contributed by atoms with E-state index in [0.717, 1.165) is 11.1 Å². The topological polar surface area (TPSA) is 101 Å². The molecular weight excluding hydrogens is 442 g/mol. The van der Waals surface area contributed by atoms with Crippen molar-refractivity contribution in [3.63, 3.8) is 0 Å². The lowest BCUT2D eigenvalue weighted by Crippen LogP contribution is -2.30. The predicted octanol–water partition coefficient (Wildman–Crippen LogP) is 3.83. The Kier molecular flexibility index (Phi) is 7.28. The third-order valence-electron chi connectivity index (χ3n) is 5.49. The lowest BCUT2D eigenvalue weighted by atomic mass is 10.2. The Morgan fingerprint density at radius 1 is 0.914 bits per heavy atom. The standard InChI is InChI=1S/C27H25N5O3/c1-35-23-14-12-22(13-15-23)30-25(33)19-31-24(16-28)26(29-17-20-8-4-2-5-9-20)32(27(31)34)18-21-10-6-3-7-11-21/h2-15,29H,17-19H2,1H3,(H,30,33). The minimum absolute atomic E-state index is 0.103. The maximum Gasteiger partial charge on any atom is 0.331 e. The molecule has 35 heavy (non-hydrogen) atoms. The molecule has 3 aromatic carbocycles. The number of amides is 1. The van der Waals surface area contributed by atoms with Crippen LogP contribution in [0.3, 0.4) is 0 Å². The van der Waals surface area contributed by atoms with Gasteiger partial charge in [0.05, 0.1) is 13.7 Å². The summed E-state index contributed by atoms with van der Waals surface area (Å²) < 4.78 is 7.83. The summed E-state index contributed by atoms with van der Waals surface area (Å²) in [6.07, 6.45) is 0. The number of hydrogen-bond donors (Lipinski definition) is 2. The molecule has 8 nitrogen and oxygen atoms in total. The van der Waals surface area contributed by atoms with Crippen LogP contribution >= 0.6 is 0 Å². The highest BCUT2D eigenvalue weighted by molar-refractivity contribution is 5.90. The first-order valence-corrected chi connectivity index (χ1v) is 11.1. The summed E-state index contributed by atoms with van der Waals surface area (Å²) >= 11 is 0. The number of methoxy groups -OCH3 is 1. The number of nitriles is 1. The second-order valence-corrected chi connectivity index (χ2v) is 7.87. The molecule has 0 saturated carbocycles. The number of nitrogens with one attached hydrogen (secondary N) is 2. The molecule has 0 aliphatic heterocycles. The molecule has 1 aromatic heterocycles. The van der Waals surface area contributed by atoms with Crippen LogP contribution in [-0.2, 0) is 24.4 Å². The second kappa shape index (κ2) is 10.9. The molecule has 0 unspecified atom stereocenters. The summed E-state index contributed by atoms with van der Waals surface area (Å²) in [6.45, 7) is 0.389. The van der Waals surface area contributed by atoms with Crippen molar-refractivity contribution in [1.29, 1.82) is 5.26 Å². The Hall–Kier alpha value is -4.77. The van der Waals surface area contributed by atoms with Gasteiger partial charge in [-0.15, -0.1) is 0 Å². The lowest BCUT2D eigenvalue weighted by Gasteiger charge is -2.10. The molecule has 0 fully saturated rings. The van der Waals surface area contributed by atoms with Crippen LogP contribution in [0.5, 0.6) is 5.75 Å². The summed E-state index contributed by atoms with van der Waals surface area (Å²) in [5.74, 6) is 0.626. The molecule has 4 rings (SSSR count). The monoisotopic (exact) mass is 467 g/mol. The zero-order valence-corrected chi connectivity index (χ0v) is 19.3. The van der Waals surface area contributed by atoms with E-state index >= 15 is 0 Å². The smallest absolute Gasteiger partial charge is 0.331 e. The number of hydrogen-bond acceptors (Lipinski definition) is 5. The second-order valence-electron chi connectivity index (χ2n) is 7.87. The average Bonchev–Trinajstić information content (AvgIpc) is 3.14. The number of carbonyl (C=O) groups is 1. The molecule has 4 aromatic rings. The van der Waals surface area contributed by atoms with Gasteiger partial charge in [-0.3, -0.25) is 13.9 Å². The first-order chi connectivity index (χ1) is 17.1. The average molecular weight is 468 g/mol. The third-order valence-corrected chi connectivity index (χ3v) is 5.49. The Bertz CT molecular complexity index is 1390. The highest BCUT2D eigenvalue weighted by Crippen LogP contribution is 2.19. The molecule has 0 spiro atoms. The van der Waals surface area contributed by atoms with Crippen LogP contribution in [0.2, 0.25) is 0 Å². The van der Waals surface area contributed by atoms with Gasteiger partial charge in [0, 0.05) is 12.2 Å². The van der Waals surface area contributed by atoms with Crippen LogP contribution in [0.4, 0.5) is 11.5 Å². The van der Waals surface area contributed by atoms with Gasteiger partial charge in [-0.05, 0) is 35.4 Å². The minimum atomic E-state index is -0.439. The van der Waals surface area contributed by atoms with Crippen molar-refractivity contribution in [2.45, 2.75) is 19.6 Å². The van der Waals surface area contributed by atoms with E-state index in [1.807, 2.05) is 60.7 Å². The highest BCUT2D eigenvalue weighted by Gasteiger charge is 2.22. The number of aromatic nitrogens is 2. The lowest BCUT2D eigenvalue weighted by molar-refractivity contribution is -0.116. The predicted molar refractivity (Wildman–Crippen MR) is 134 cm³/mol. The van der Waals surface area contributed by atoms with Gasteiger partial charge in [-0.25, -0.2) is 4.79 Å². The summed E-state index contributed by atoms with van der Waals surface area (Å²) in [4.78, 5) is 26.2. The molecule has 2 N–H and O–H groups in total. The van der Waals surface area contributed by atoms with E-state index in [0.29, 0.717) is 23.8 Å². The molecule has 0 radical (unpaired) electrons. The van der Waals surface area contributed by atoms with Gasteiger partial charge in [0.25, 0.3) is 0 Å². The van der Waals surface area contributed by atoms with E-state index < -0.39 is 11.6 Å². The fourth-order valence-corrected chi connectivity index (χ4v) is 3.74. The maximum atomic E-state index is 13.4. The van der Waals surface area contributed by atoms with Crippen molar-refractivity contribution in [3.05, 3.63) is 112 Å². The molecule has 1 amide bonds.